The minimum Gasteiger partial charge on any atom is -0.377 e. The zero-order chi connectivity index (χ0) is 21.1. The van der Waals surface area contributed by atoms with Crippen molar-refractivity contribution in [2.24, 2.45) is 0 Å². The molecule has 2 N–H and O–H groups in total. The molecule has 0 amide bonds. The van der Waals surface area contributed by atoms with Crippen molar-refractivity contribution in [3.05, 3.63) is 59.7 Å². The first-order chi connectivity index (χ1) is 13.9. The van der Waals surface area contributed by atoms with Crippen molar-refractivity contribution in [3.8, 4) is 11.1 Å². The Morgan fingerprint density at radius 1 is 0.966 bits per heavy atom. The molecule has 0 aliphatic rings. The van der Waals surface area contributed by atoms with Gasteiger partial charge in [-0.3, -0.25) is 9.36 Å². The highest BCUT2D eigenvalue weighted by Gasteiger charge is 2.11. The van der Waals surface area contributed by atoms with Gasteiger partial charge in [0.25, 0.3) is 0 Å². The summed E-state index contributed by atoms with van der Waals surface area (Å²) in [6.07, 6.45) is 5.17. The van der Waals surface area contributed by atoms with Crippen molar-refractivity contribution >= 4 is 13.4 Å². The molecule has 0 radical (unpaired) electrons. The van der Waals surface area contributed by atoms with Crippen LogP contribution in [0.4, 0.5) is 0 Å². The summed E-state index contributed by atoms with van der Waals surface area (Å²) in [7, 11) is -3.94. The summed E-state index contributed by atoms with van der Waals surface area (Å²) in [6, 6.07) is 15.7. The Hall–Kier alpha value is -1.78. The molecular formula is C23H31O5P. The number of unbranched alkanes of at least 4 members (excludes halogenated alkanes) is 3. The molecule has 0 aliphatic heterocycles. The van der Waals surface area contributed by atoms with Crippen LogP contribution in [0.3, 0.4) is 0 Å². The average molecular weight is 418 g/mol. The normalized spacial score (nSPS) is 11.6. The maximum atomic E-state index is 12.4. The zero-order valence-corrected chi connectivity index (χ0v) is 17.9. The molecule has 2 aromatic carbocycles. The molecule has 0 atom stereocenters. The largest absolute Gasteiger partial charge is 0.377 e. The van der Waals surface area contributed by atoms with Gasteiger partial charge < -0.3 is 14.5 Å². The van der Waals surface area contributed by atoms with Gasteiger partial charge in [-0.05, 0) is 35.6 Å². The zero-order valence-electron chi connectivity index (χ0n) is 17.0. The first-order valence-electron chi connectivity index (χ1n) is 10.2. The molecule has 2 rings (SSSR count). The minimum absolute atomic E-state index is 0.153. The van der Waals surface area contributed by atoms with E-state index in [9.17, 15) is 9.36 Å². The van der Waals surface area contributed by atoms with E-state index < -0.39 is 7.60 Å². The molecule has 0 saturated carbocycles. The van der Waals surface area contributed by atoms with Gasteiger partial charge in [-0.1, -0.05) is 68.7 Å². The van der Waals surface area contributed by atoms with Crippen molar-refractivity contribution in [1.82, 2.24) is 0 Å². The van der Waals surface area contributed by atoms with Crippen LogP contribution in [-0.4, -0.2) is 28.3 Å². The molecule has 2 aromatic rings. The Kier molecular flexibility index (Phi) is 9.75. The summed E-state index contributed by atoms with van der Waals surface area (Å²) in [5.74, 6) is 0.197. The number of carbonyl (C=O) groups excluding carboxylic acids is 1. The lowest BCUT2D eigenvalue weighted by Gasteiger charge is -2.08. The van der Waals surface area contributed by atoms with Crippen molar-refractivity contribution in [2.75, 3.05) is 12.8 Å². The average Bonchev–Trinajstić information content (AvgIpc) is 2.70. The first-order valence-corrected chi connectivity index (χ1v) is 12.0. The van der Waals surface area contributed by atoms with Gasteiger partial charge in [0, 0.05) is 18.6 Å². The first kappa shape index (κ1) is 23.5. The van der Waals surface area contributed by atoms with E-state index in [2.05, 4.69) is 6.92 Å². The van der Waals surface area contributed by atoms with Gasteiger partial charge in [0.15, 0.2) is 5.78 Å². The van der Waals surface area contributed by atoms with Gasteiger partial charge >= 0.3 is 7.60 Å². The Bertz CT molecular complexity index is 810. The molecule has 0 spiro atoms. The second kappa shape index (κ2) is 12.0. The third-order valence-corrected chi connectivity index (χ3v) is 5.63. The molecule has 0 aromatic heterocycles. The molecule has 0 heterocycles. The Morgan fingerprint density at radius 3 is 2.41 bits per heavy atom. The summed E-state index contributed by atoms with van der Waals surface area (Å²) in [5, 5.41) is 0. The van der Waals surface area contributed by atoms with Gasteiger partial charge in [0.05, 0.1) is 12.8 Å². The number of ether oxygens (including phenoxy) is 1. The van der Waals surface area contributed by atoms with E-state index in [0.717, 1.165) is 41.5 Å². The molecule has 29 heavy (non-hydrogen) atoms. The molecule has 5 nitrogen and oxygen atoms in total. The third-order valence-electron chi connectivity index (χ3n) is 4.74. The van der Waals surface area contributed by atoms with E-state index in [1.807, 2.05) is 48.5 Å². The fourth-order valence-electron chi connectivity index (χ4n) is 3.08. The van der Waals surface area contributed by atoms with Crippen LogP contribution in [0.2, 0.25) is 0 Å². The summed E-state index contributed by atoms with van der Waals surface area (Å²) in [4.78, 5) is 30.1. The maximum absolute atomic E-state index is 12.4. The highest BCUT2D eigenvalue weighted by atomic mass is 31.2. The number of rotatable bonds is 13. The molecular weight excluding hydrogens is 387 g/mol. The van der Waals surface area contributed by atoms with Crippen molar-refractivity contribution < 1.29 is 23.9 Å². The SMILES string of the molecule is CCCCCCC(=O)c1cccc(-c2ccc(COCCCP(=O)(O)O)cc2)c1. The van der Waals surface area contributed by atoms with Gasteiger partial charge in [-0.2, -0.15) is 0 Å². The van der Waals surface area contributed by atoms with E-state index >= 15 is 0 Å². The van der Waals surface area contributed by atoms with Crippen molar-refractivity contribution in [3.63, 3.8) is 0 Å². The smallest absolute Gasteiger partial charge is 0.325 e. The maximum Gasteiger partial charge on any atom is 0.325 e. The van der Waals surface area contributed by atoms with Crippen molar-refractivity contribution in [2.45, 2.75) is 52.1 Å². The molecule has 0 saturated heterocycles. The molecule has 0 bridgehead atoms. The van der Waals surface area contributed by atoms with E-state index in [1.54, 1.807) is 0 Å². The van der Waals surface area contributed by atoms with E-state index in [4.69, 9.17) is 14.5 Å². The third kappa shape index (κ3) is 9.05. The van der Waals surface area contributed by atoms with E-state index in [-0.39, 0.29) is 11.9 Å². The molecule has 158 valence electrons. The van der Waals surface area contributed by atoms with Gasteiger partial charge in [0.2, 0.25) is 0 Å². The number of Topliss-reactive ketones (excluding diaryl/α,β-unsaturated/α-hetero) is 1. The van der Waals surface area contributed by atoms with Crippen LogP contribution in [0.1, 0.15) is 61.4 Å². The minimum atomic E-state index is -3.94. The number of carbonyl (C=O) groups is 1. The fraction of sp³-hybridized carbons (Fsp3) is 0.435. The highest BCUT2D eigenvalue weighted by Crippen LogP contribution is 2.34. The lowest BCUT2D eigenvalue weighted by atomic mass is 9.98. The summed E-state index contributed by atoms with van der Waals surface area (Å²) >= 11 is 0. The number of hydrogen-bond acceptors (Lipinski definition) is 3. The van der Waals surface area contributed by atoms with E-state index in [1.165, 1.54) is 6.42 Å². The van der Waals surface area contributed by atoms with Crippen LogP contribution < -0.4 is 0 Å². The molecule has 6 heteroatoms. The van der Waals surface area contributed by atoms with Crippen LogP contribution in [0.5, 0.6) is 0 Å². The van der Waals surface area contributed by atoms with Crippen LogP contribution >= 0.6 is 7.60 Å². The Balaban J connectivity index is 1.87. The predicted molar refractivity (Wildman–Crippen MR) is 116 cm³/mol. The van der Waals surface area contributed by atoms with Crippen LogP contribution in [0.25, 0.3) is 11.1 Å². The van der Waals surface area contributed by atoms with Crippen LogP contribution in [-0.2, 0) is 15.9 Å². The van der Waals surface area contributed by atoms with Crippen molar-refractivity contribution in [1.29, 1.82) is 0 Å². The second-order valence-electron chi connectivity index (χ2n) is 7.31. The monoisotopic (exact) mass is 418 g/mol. The lowest BCUT2D eigenvalue weighted by molar-refractivity contribution is 0.0979. The number of ketones is 1. The molecule has 0 fully saturated rings. The Labute approximate surface area is 173 Å². The van der Waals surface area contributed by atoms with Crippen LogP contribution in [0, 0.1) is 0 Å². The second-order valence-corrected chi connectivity index (χ2v) is 9.08. The quantitative estimate of drug-likeness (QED) is 0.252. The van der Waals surface area contributed by atoms with Gasteiger partial charge in [-0.25, -0.2) is 0 Å². The fourth-order valence-corrected chi connectivity index (χ4v) is 3.63. The van der Waals surface area contributed by atoms with E-state index in [0.29, 0.717) is 26.1 Å². The highest BCUT2D eigenvalue weighted by molar-refractivity contribution is 7.51. The number of benzene rings is 2. The van der Waals surface area contributed by atoms with Crippen LogP contribution in [0.15, 0.2) is 48.5 Å². The topological polar surface area (TPSA) is 83.8 Å². The van der Waals surface area contributed by atoms with Gasteiger partial charge in [-0.15, -0.1) is 0 Å². The standard InChI is InChI=1S/C23H31O5P/c1-2-3-4-5-10-23(24)22-9-6-8-21(17-22)20-13-11-19(12-14-20)18-28-15-7-16-29(25,26)27/h6,8-9,11-14,17H,2-5,7,10,15-16,18H2,1H3,(H2,25,26,27). The Morgan fingerprint density at radius 2 is 1.72 bits per heavy atom. The summed E-state index contributed by atoms with van der Waals surface area (Å²) in [5.41, 5.74) is 3.80. The summed E-state index contributed by atoms with van der Waals surface area (Å²) < 4.78 is 16.3. The number of hydrogen-bond donors (Lipinski definition) is 2. The van der Waals surface area contributed by atoms with Gasteiger partial charge in [0.1, 0.15) is 0 Å². The summed E-state index contributed by atoms with van der Waals surface area (Å²) in [6.45, 7) is 2.88. The molecule has 0 unspecified atom stereocenters. The predicted octanol–water partition coefficient (Wildman–Crippen LogP) is 5.59. The lowest BCUT2D eigenvalue weighted by Crippen LogP contribution is -1.99. The molecule has 0 aliphatic carbocycles.